The molecular weight excluding hydrogens is 361 g/mol. The van der Waals surface area contributed by atoms with Crippen molar-refractivity contribution < 1.29 is 9.50 Å². The SMILES string of the molecule is O[C@H](c1ccccn1)c1cccc(F)c1N1CCN(Cc2cccs2)CC1. The third-order valence-electron chi connectivity index (χ3n) is 4.93. The lowest BCUT2D eigenvalue weighted by Gasteiger charge is -2.37. The average molecular weight is 383 g/mol. The highest BCUT2D eigenvalue weighted by atomic mass is 32.1. The molecule has 1 N–H and O–H groups in total. The van der Waals surface area contributed by atoms with Crippen LogP contribution in [0.4, 0.5) is 10.1 Å². The molecule has 0 aliphatic carbocycles. The normalized spacial score (nSPS) is 16.4. The van der Waals surface area contributed by atoms with Crippen LogP contribution in [-0.4, -0.2) is 41.2 Å². The molecule has 1 atom stereocenters. The number of hydrogen-bond donors (Lipinski definition) is 1. The van der Waals surface area contributed by atoms with Gasteiger partial charge >= 0.3 is 0 Å². The highest BCUT2D eigenvalue weighted by molar-refractivity contribution is 7.09. The lowest BCUT2D eigenvalue weighted by molar-refractivity contribution is 0.213. The van der Waals surface area contributed by atoms with Crippen LogP contribution in [0, 0.1) is 5.82 Å². The van der Waals surface area contributed by atoms with Crippen molar-refractivity contribution in [1.82, 2.24) is 9.88 Å². The van der Waals surface area contributed by atoms with E-state index in [1.54, 1.807) is 41.8 Å². The first-order valence-corrected chi connectivity index (χ1v) is 9.97. The first kappa shape index (κ1) is 18.1. The van der Waals surface area contributed by atoms with E-state index in [4.69, 9.17) is 0 Å². The largest absolute Gasteiger partial charge is 0.382 e. The summed E-state index contributed by atoms with van der Waals surface area (Å²) in [5.41, 5.74) is 1.59. The number of aliphatic hydroxyl groups is 1. The molecule has 1 aliphatic heterocycles. The second kappa shape index (κ2) is 8.17. The minimum absolute atomic E-state index is 0.297. The zero-order valence-corrected chi connectivity index (χ0v) is 15.8. The van der Waals surface area contributed by atoms with Gasteiger partial charge < -0.3 is 10.0 Å². The number of para-hydroxylation sites is 1. The zero-order chi connectivity index (χ0) is 18.6. The summed E-state index contributed by atoms with van der Waals surface area (Å²) in [6, 6.07) is 14.5. The molecule has 140 valence electrons. The second-order valence-electron chi connectivity index (χ2n) is 6.68. The van der Waals surface area contributed by atoms with Crippen molar-refractivity contribution in [2.24, 2.45) is 0 Å². The molecule has 0 bridgehead atoms. The van der Waals surface area contributed by atoms with Crippen molar-refractivity contribution in [1.29, 1.82) is 0 Å². The van der Waals surface area contributed by atoms with Crippen LogP contribution in [0.25, 0.3) is 0 Å². The molecule has 4 rings (SSSR count). The van der Waals surface area contributed by atoms with Crippen molar-refractivity contribution in [2.45, 2.75) is 12.6 Å². The van der Waals surface area contributed by atoms with Crippen LogP contribution in [0.5, 0.6) is 0 Å². The summed E-state index contributed by atoms with van der Waals surface area (Å²) < 4.78 is 14.7. The quantitative estimate of drug-likeness (QED) is 0.730. The van der Waals surface area contributed by atoms with Gasteiger partial charge in [0.1, 0.15) is 11.9 Å². The monoisotopic (exact) mass is 383 g/mol. The Morgan fingerprint density at radius 1 is 1.04 bits per heavy atom. The molecule has 0 unspecified atom stereocenters. The Labute approximate surface area is 162 Å². The van der Waals surface area contributed by atoms with E-state index in [1.807, 2.05) is 11.0 Å². The molecule has 3 heterocycles. The van der Waals surface area contributed by atoms with E-state index in [2.05, 4.69) is 27.4 Å². The smallest absolute Gasteiger partial charge is 0.146 e. The number of nitrogens with zero attached hydrogens (tertiary/aromatic N) is 3. The lowest BCUT2D eigenvalue weighted by Crippen LogP contribution is -2.46. The molecule has 0 saturated carbocycles. The summed E-state index contributed by atoms with van der Waals surface area (Å²) in [7, 11) is 0. The lowest BCUT2D eigenvalue weighted by atomic mass is 10.0. The number of anilines is 1. The summed E-state index contributed by atoms with van der Waals surface area (Å²) in [5.74, 6) is -0.297. The molecular formula is C21H22FN3OS. The predicted octanol–water partition coefficient (Wildman–Crippen LogP) is 3.69. The second-order valence-corrected chi connectivity index (χ2v) is 7.71. The molecule has 1 fully saturated rings. The number of aliphatic hydroxyl groups excluding tert-OH is 1. The highest BCUT2D eigenvalue weighted by Crippen LogP contribution is 2.33. The number of piperazine rings is 1. The van der Waals surface area contributed by atoms with Crippen LogP contribution in [-0.2, 0) is 6.54 Å². The van der Waals surface area contributed by atoms with Crippen LogP contribution in [0.3, 0.4) is 0 Å². The van der Waals surface area contributed by atoms with E-state index in [1.165, 1.54) is 10.9 Å². The molecule has 0 amide bonds. The Kier molecular flexibility index (Phi) is 5.48. The van der Waals surface area contributed by atoms with Gasteiger partial charge in [-0.25, -0.2) is 4.39 Å². The van der Waals surface area contributed by atoms with Gasteiger partial charge in [0.05, 0.1) is 11.4 Å². The Morgan fingerprint density at radius 3 is 2.59 bits per heavy atom. The van der Waals surface area contributed by atoms with E-state index in [0.717, 1.165) is 32.7 Å². The van der Waals surface area contributed by atoms with Crippen molar-refractivity contribution in [3.63, 3.8) is 0 Å². The Balaban J connectivity index is 1.52. The first-order chi connectivity index (χ1) is 13.2. The number of aromatic nitrogens is 1. The highest BCUT2D eigenvalue weighted by Gasteiger charge is 2.25. The summed E-state index contributed by atoms with van der Waals surface area (Å²) in [6.07, 6.45) is 0.696. The van der Waals surface area contributed by atoms with Gasteiger partial charge in [0.15, 0.2) is 0 Å². The minimum Gasteiger partial charge on any atom is -0.382 e. The molecule has 1 aromatic carbocycles. The van der Waals surface area contributed by atoms with Gasteiger partial charge in [-0.05, 0) is 29.6 Å². The summed E-state index contributed by atoms with van der Waals surface area (Å²) >= 11 is 1.76. The Bertz CT molecular complexity index is 864. The molecule has 0 spiro atoms. The first-order valence-electron chi connectivity index (χ1n) is 9.09. The van der Waals surface area contributed by atoms with Crippen molar-refractivity contribution >= 4 is 17.0 Å². The minimum atomic E-state index is -0.943. The summed E-state index contributed by atoms with van der Waals surface area (Å²) in [5, 5.41) is 12.9. The third kappa shape index (κ3) is 4.03. The number of hydrogen-bond acceptors (Lipinski definition) is 5. The van der Waals surface area contributed by atoms with Gasteiger partial charge in [-0.15, -0.1) is 11.3 Å². The molecule has 27 heavy (non-hydrogen) atoms. The number of benzene rings is 1. The number of thiophene rings is 1. The van der Waals surface area contributed by atoms with E-state index < -0.39 is 6.10 Å². The molecule has 0 radical (unpaired) electrons. The number of pyridine rings is 1. The van der Waals surface area contributed by atoms with E-state index in [0.29, 0.717) is 16.9 Å². The van der Waals surface area contributed by atoms with Crippen LogP contribution in [0.15, 0.2) is 60.1 Å². The summed E-state index contributed by atoms with van der Waals surface area (Å²) in [4.78, 5) is 10.0. The molecule has 1 saturated heterocycles. The average Bonchev–Trinajstić information content (AvgIpc) is 3.22. The van der Waals surface area contributed by atoms with Gasteiger partial charge in [-0.1, -0.05) is 24.3 Å². The van der Waals surface area contributed by atoms with Gasteiger partial charge in [-0.2, -0.15) is 0 Å². The van der Waals surface area contributed by atoms with Gasteiger partial charge in [0, 0.05) is 49.4 Å². The van der Waals surface area contributed by atoms with Gasteiger partial charge in [-0.3, -0.25) is 9.88 Å². The fourth-order valence-corrected chi connectivity index (χ4v) is 4.28. The van der Waals surface area contributed by atoms with Crippen LogP contribution in [0.2, 0.25) is 0 Å². The van der Waals surface area contributed by atoms with Crippen molar-refractivity contribution in [2.75, 3.05) is 31.1 Å². The molecule has 3 aromatic rings. The van der Waals surface area contributed by atoms with E-state index >= 15 is 0 Å². The van der Waals surface area contributed by atoms with Crippen LogP contribution in [0.1, 0.15) is 22.2 Å². The van der Waals surface area contributed by atoms with Crippen molar-refractivity contribution in [3.05, 3.63) is 82.1 Å². The molecule has 6 heteroatoms. The molecule has 4 nitrogen and oxygen atoms in total. The van der Waals surface area contributed by atoms with Crippen LogP contribution >= 0.6 is 11.3 Å². The van der Waals surface area contributed by atoms with Gasteiger partial charge in [0.25, 0.3) is 0 Å². The fraction of sp³-hybridized carbons (Fsp3) is 0.286. The maximum Gasteiger partial charge on any atom is 0.146 e. The molecule has 2 aromatic heterocycles. The zero-order valence-electron chi connectivity index (χ0n) is 15.0. The van der Waals surface area contributed by atoms with E-state index in [-0.39, 0.29) is 5.82 Å². The standard InChI is InChI=1S/C21H22FN3OS/c22-18-7-3-6-17(21(26)19-8-1-2-9-23-19)20(18)25-12-10-24(11-13-25)15-16-5-4-14-27-16/h1-9,14,21,26H,10-13,15H2/t21-/m0/s1. The summed E-state index contributed by atoms with van der Waals surface area (Å²) in [6.45, 7) is 4.13. The molecule has 1 aliphatic rings. The Hall–Kier alpha value is -2.28. The van der Waals surface area contributed by atoms with Crippen molar-refractivity contribution in [3.8, 4) is 0 Å². The number of halogens is 1. The third-order valence-corrected chi connectivity index (χ3v) is 5.79. The fourth-order valence-electron chi connectivity index (χ4n) is 3.54. The topological polar surface area (TPSA) is 39.6 Å². The van der Waals surface area contributed by atoms with Gasteiger partial charge in [0.2, 0.25) is 0 Å². The Morgan fingerprint density at radius 2 is 1.89 bits per heavy atom. The maximum absolute atomic E-state index is 14.7. The van der Waals surface area contributed by atoms with Crippen LogP contribution < -0.4 is 4.90 Å². The van der Waals surface area contributed by atoms with E-state index in [9.17, 15) is 9.50 Å². The number of rotatable bonds is 5. The maximum atomic E-state index is 14.7. The predicted molar refractivity (Wildman–Crippen MR) is 107 cm³/mol.